The Morgan fingerprint density at radius 3 is 2.25 bits per heavy atom. The van der Waals surface area contributed by atoms with Crippen molar-refractivity contribution >= 4 is 0 Å². The van der Waals surface area contributed by atoms with Crippen molar-refractivity contribution in [3.05, 3.63) is 0 Å². The third kappa shape index (κ3) is 1.32. The Balaban J connectivity index is 2.83. The minimum Gasteiger partial charge on any atom is -0.339 e. The van der Waals surface area contributed by atoms with E-state index in [0.29, 0.717) is 0 Å². The first kappa shape index (κ1) is 9.84. The fourth-order valence-electron chi connectivity index (χ4n) is 1.68. The Kier molecular flexibility index (Phi) is 2.38. The summed E-state index contributed by atoms with van der Waals surface area (Å²) >= 11 is 0. The Hall–Kier alpha value is -0.250. The standard InChI is InChI=1S/C8H13F3O/c1-3-6-7(9,10)5-12-8(6,11)4-2/h6H,3-5H2,1-2H3. The van der Waals surface area contributed by atoms with E-state index in [1.807, 2.05) is 0 Å². The van der Waals surface area contributed by atoms with Crippen molar-refractivity contribution in [2.24, 2.45) is 5.92 Å². The van der Waals surface area contributed by atoms with Gasteiger partial charge in [0.1, 0.15) is 6.61 Å². The third-order valence-electron chi connectivity index (χ3n) is 2.43. The van der Waals surface area contributed by atoms with Crippen LogP contribution in [0.3, 0.4) is 0 Å². The predicted octanol–water partition coefficient (Wildman–Crippen LogP) is 2.75. The Bertz CT molecular complexity index is 172. The van der Waals surface area contributed by atoms with Crippen LogP contribution in [0.15, 0.2) is 0 Å². The van der Waals surface area contributed by atoms with Crippen LogP contribution in [0, 0.1) is 5.92 Å². The molecule has 0 saturated carbocycles. The fraction of sp³-hybridized carbons (Fsp3) is 1.00. The molecule has 1 aliphatic rings. The minimum atomic E-state index is -3.00. The van der Waals surface area contributed by atoms with Gasteiger partial charge in [-0.2, -0.15) is 0 Å². The number of hydrogen-bond donors (Lipinski definition) is 0. The Labute approximate surface area is 69.9 Å². The SMILES string of the molecule is CCC1C(F)(F)COC1(F)CC. The summed E-state index contributed by atoms with van der Waals surface area (Å²) in [5.41, 5.74) is 0. The van der Waals surface area contributed by atoms with E-state index in [0.717, 1.165) is 0 Å². The molecule has 0 aromatic heterocycles. The largest absolute Gasteiger partial charge is 0.339 e. The van der Waals surface area contributed by atoms with Crippen LogP contribution in [-0.2, 0) is 4.74 Å². The molecule has 1 rings (SSSR count). The lowest BCUT2D eigenvalue weighted by molar-refractivity contribution is -0.137. The maximum atomic E-state index is 13.5. The lowest BCUT2D eigenvalue weighted by atomic mass is 9.92. The summed E-state index contributed by atoms with van der Waals surface area (Å²) in [5.74, 6) is -6.40. The monoisotopic (exact) mass is 182 g/mol. The van der Waals surface area contributed by atoms with E-state index >= 15 is 0 Å². The molecule has 4 heteroatoms. The van der Waals surface area contributed by atoms with Crippen LogP contribution < -0.4 is 0 Å². The van der Waals surface area contributed by atoms with Gasteiger partial charge in [0, 0.05) is 6.42 Å². The van der Waals surface area contributed by atoms with Crippen molar-refractivity contribution in [3.63, 3.8) is 0 Å². The van der Waals surface area contributed by atoms with Crippen LogP contribution in [0.2, 0.25) is 0 Å². The first-order valence-electron chi connectivity index (χ1n) is 4.17. The van der Waals surface area contributed by atoms with Crippen molar-refractivity contribution in [1.29, 1.82) is 0 Å². The molecule has 0 radical (unpaired) electrons. The van der Waals surface area contributed by atoms with E-state index in [9.17, 15) is 13.2 Å². The summed E-state index contributed by atoms with van der Waals surface area (Å²) in [6.07, 6.45) is 0.0957. The number of hydrogen-bond acceptors (Lipinski definition) is 1. The molecule has 72 valence electrons. The van der Waals surface area contributed by atoms with Gasteiger partial charge >= 0.3 is 0 Å². The van der Waals surface area contributed by atoms with Crippen LogP contribution in [0.25, 0.3) is 0 Å². The molecular formula is C8H13F3O. The second-order valence-corrected chi connectivity index (χ2v) is 3.15. The molecule has 0 bridgehead atoms. The van der Waals surface area contributed by atoms with Crippen molar-refractivity contribution in [3.8, 4) is 0 Å². The zero-order valence-electron chi connectivity index (χ0n) is 7.24. The molecule has 1 aliphatic heterocycles. The van der Waals surface area contributed by atoms with Crippen molar-refractivity contribution in [1.82, 2.24) is 0 Å². The lowest BCUT2D eigenvalue weighted by Gasteiger charge is -2.25. The number of halogens is 3. The fourth-order valence-corrected chi connectivity index (χ4v) is 1.68. The molecule has 0 aromatic carbocycles. The Morgan fingerprint density at radius 2 is 1.92 bits per heavy atom. The van der Waals surface area contributed by atoms with Gasteiger partial charge in [0.15, 0.2) is 0 Å². The third-order valence-corrected chi connectivity index (χ3v) is 2.43. The van der Waals surface area contributed by atoms with E-state index in [4.69, 9.17) is 0 Å². The summed E-state index contributed by atoms with van der Waals surface area (Å²) < 4.78 is 43.8. The molecule has 12 heavy (non-hydrogen) atoms. The minimum absolute atomic E-state index is 0.0128. The molecule has 2 atom stereocenters. The molecular weight excluding hydrogens is 169 g/mol. The van der Waals surface area contributed by atoms with Gasteiger partial charge in [-0.3, -0.25) is 0 Å². The van der Waals surface area contributed by atoms with Gasteiger partial charge in [-0.05, 0) is 6.42 Å². The van der Waals surface area contributed by atoms with Gasteiger partial charge in [0.2, 0.25) is 5.85 Å². The number of ether oxygens (including phenoxy) is 1. The number of alkyl halides is 3. The maximum Gasteiger partial charge on any atom is 0.279 e. The van der Waals surface area contributed by atoms with E-state index in [1.54, 1.807) is 6.92 Å². The smallest absolute Gasteiger partial charge is 0.279 e. The number of rotatable bonds is 2. The summed E-state index contributed by atoms with van der Waals surface area (Å²) in [7, 11) is 0. The lowest BCUT2D eigenvalue weighted by Crippen LogP contribution is -2.36. The first-order chi connectivity index (χ1) is 5.46. The second-order valence-electron chi connectivity index (χ2n) is 3.15. The summed E-state index contributed by atoms with van der Waals surface area (Å²) in [4.78, 5) is 0. The first-order valence-corrected chi connectivity index (χ1v) is 4.17. The van der Waals surface area contributed by atoms with E-state index in [-0.39, 0.29) is 12.8 Å². The molecule has 2 unspecified atom stereocenters. The molecule has 0 aliphatic carbocycles. The van der Waals surface area contributed by atoms with Crippen LogP contribution in [0.4, 0.5) is 13.2 Å². The van der Waals surface area contributed by atoms with Gasteiger partial charge in [0.05, 0.1) is 5.92 Å². The van der Waals surface area contributed by atoms with Crippen molar-refractivity contribution in [2.45, 2.75) is 38.5 Å². The topological polar surface area (TPSA) is 9.23 Å². The molecule has 0 N–H and O–H groups in total. The zero-order valence-corrected chi connectivity index (χ0v) is 7.24. The van der Waals surface area contributed by atoms with Crippen molar-refractivity contribution < 1.29 is 17.9 Å². The molecule has 1 saturated heterocycles. The second kappa shape index (κ2) is 2.91. The quantitative estimate of drug-likeness (QED) is 0.638. The zero-order chi connectivity index (χ0) is 9.41. The molecule has 0 spiro atoms. The van der Waals surface area contributed by atoms with Crippen LogP contribution in [0.1, 0.15) is 26.7 Å². The van der Waals surface area contributed by atoms with Crippen LogP contribution in [-0.4, -0.2) is 18.4 Å². The molecule has 0 aromatic rings. The van der Waals surface area contributed by atoms with Crippen molar-refractivity contribution in [2.75, 3.05) is 6.61 Å². The Morgan fingerprint density at radius 1 is 1.33 bits per heavy atom. The van der Waals surface area contributed by atoms with Crippen LogP contribution >= 0.6 is 0 Å². The van der Waals surface area contributed by atoms with E-state index in [1.165, 1.54) is 6.92 Å². The van der Waals surface area contributed by atoms with Gasteiger partial charge < -0.3 is 4.74 Å². The van der Waals surface area contributed by atoms with Crippen LogP contribution in [0.5, 0.6) is 0 Å². The van der Waals surface area contributed by atoms with Gasteiger partial charge in [-0.1, -0.05) is 13.8 Å². The van der Waals surface area contributed by atoms with Gasteiger partial charge in [-0.15, -0.1) is 0 Å². The normalized spacial score (nSPS) is 40.2. The predicted molar refractivity (Wildman–Crippen MR) is 38.8 cm³/mol. The van der Waals surface area contributed by atoms with E-state index < -0.39 is 24.3 Å². The highest BCUT2D eigenvalue weighted by molar-refractivity contribution is 4.93. The van der Waals surface area contributed by atoms with Gasteiger partial charge in [0.25, 0.3) is 5.92 Å². The molecule has 1 heterocycles. The highest BCUT2D eigenvalue weighted by atomic mass is 19.3. The average Bonchev–Trinajstić information content (AvgIpc) is 2.24. The molecule has 0 amide bonds. The highest BCUT2D eigenvalue weighted by Gasteiger charge is 2.59. The van der Waals surface area contributed by atoms with E-state index in [2.05, 4.69) is 4.74 Å². The maximum absolute atomic E-state index is 13.5. The summed E-state index contributed by atoms with van der Waals surface area (Å²) in [5, 5.41) is 0. The summed E-state index contributed by atoms with van der Waals surface area (Å²) in [6, 6.07) is 0. The molecule has 1 fully saturated rings. The van der Waals surface area contributed by atoms with Gasteiger partial charge in [-0.25, -0.2) is 13.2 Å². The average molecular weight is 182 g/mol. The highest BCUT2D eigenvalue weighted by Crippen LogP contribution is 2.47. The summed E-state index contributed by atoms with van der Waals surface area (Å²) in [6.45, 7) is 2.29. The molecule has 1 nitrogen and oxygen atoms in total.